The molecule has 1 aromatic rings. The van der Waals surface area contributed by atoms with Crippen LogP contribution >= 0.6 is 0 Å². The smallest absolute Gasteiger partial charge is 0.228 e. The number of carbonyl (C=O) groups excluding carboxylic acids is 1. The third-order valence-electron chi connectivity index (χ3n) is 6.37. The number of carbonyl (C=O) groups is 1. The van der Waals surface area contributed by atoms with Crippen LogP contribution in [0.2, 0.25) is 0 Å². The van der Waals surface area contributed by atoms with Crippen molar-refractivity contribution < 1.29 is 9.18 Å². The molecule has 150 valence electrons. The molecule has 0 bridgehead atoms. The van der Waals surface area contributed by atoms with Crippen LogP contribution in [0.4, 0.5) is 4.39 Å². The van der Waals surface area contributed by atoms with Crippen molar-refractivity contribution in [3.63, 3.8) is 0 Å². The van der Waals surface area contributed by atoms with Crippen molar-refractivity contribution in [3.8, 4) is 0 Å². The summed E-state index contributed by atoms with van der Waals surface area (Å²) in [6.45, 7) is 3.00. The van der Waals surface area contributed by atoms with Crippen LogP contribution in [-0.2, 0) is 4.79 Å². The molecule has 2 unspecified atom stereocenters. The molecule has 3 rings (SSSR count). The largest absolute Gasteiger partial charge is 0.345 e. The molecule has 1 aromatic carbocycles. The number of nitrogens with one attached hydrogen (secondary N) is 2. The summed E-state index contributed by atoms with van der Waals surface area (Å²) in [7, 11) is 1.96. The number of hydrogen-bond acceptors (Lipinski definition) is 3. The summed E-state index contributed by atoms with van der Waals surface area (Å²) >= 11 is 0. The van der Waals surface area contributed by atoms with Gasteiger partial charge in [0.1, 0.15) is 5.82 Å². The van der Waals surface area contributed by atoms with E-state index in [0.29, 0.717) is 11.9 Å². The Morgan fingerprint density at radius 2 is 1.85 bits per heavy atom. The lowest BCUT2D eigenvalue weighted by Crippen LogP contribution is -2.39. The minimum Gasteiger partial charge on any atom is -0.345 e. The molecule has 27 heavy (non-hydrogen) atoms. The van der Waals surface area contributed by atoms with Crippen LogP contribution in [0, 0.1) is 11.2 Å². The fourth-order valence-electron chi connectivity index (χ4n) is 4.57. The number of halogens is 1. The second-order valence-electron chi connectivity index (χ2n) is 8.67. The average Bonchev–Trinajstić information content (AvgIpc) is 3.31. The second kappa shape index (κ2) is 9.16. The summed E-state index contributed by atoms with van der Waals surface area (Å²) < 4.78 is 13.0. The van der Waals surface area contributed by atoms with E-state index in [4.69, 9.17) is 0 Å². The van der Waals surface area contributed by atoms with Gasteiger partial charge in [-0.1, -0.05) is 44.7 Å². The van der Waals surface area contributed by atoms with Gasteiger partial charge in [0.25, 0.3) is 0 Å². The molecule has 1 aliphatic carbocycles. The second-order valence-corrected chi connectivity index (χ2v) is 8.67. The maximum atomic E-state index is 13.0. The zero-order chi connectivity index (χ0) is 19.3. The van der Waals surface area contributed by atoms with Crippen molar-refractivity contribution in [2.24, 2.45) is 5.41 Å². The SMILES string of the molecule is CN(CCCCCC1CC(c2ccc(F)cc2)NN1)C(=O)C1(C)CCCC1. The van der Waals surface area contributed by atoms with Gasteiger partial charge in [-0.3, -0.25) is 15.6 Å². The van der Waals surface area contributed by atoms with Crippen LogP contribution in [0.1, 0.15) is 76.3 Å². The van der Waals surface area contributed by atoms with E-state index >= 15 is 0 Å². The van der Waals surface area contributed by atoms with Gasteiger partial charge >= 0.3 is 0 Å². The topological polar surface area (TPSA) is 44.4 Å². The predicted octanol–water partition coefficient (Wildman–Crippen LogP) is 4.33. The van der Waals surface area contributed by atoms with Crippen molar-refractivity contribution in [2.75, 3.05) is 13.6 Å². The molecule has 1 heterocycles. The van der Waals surface area contributed by atoms with Gasteiger partial charge in [0.15, 0.2) is 0 Å². The fourth-order valence-corrected chi connectivity index (χ4v) is 4.57. The zero-order valence-corrected chi connectivity index (χ0v) is 16.8. The van der Waals surface area contributed by atoms with Crippen LogP contribution in [0.5, 0.6) is 0 Å². The Balaban J connectivity index is 1.30. The lowest BCUT2D eigenvalue weighted by Gasteiger charge is -2.29. The molecule has 0 spiro atoms. The summed E-state index contributed by atoms with van der Waals surface area (Å²) in [4.78, 5) is 14.6. The maximum Gasteiger partial charge on any atom is 0.228 e. The highest BCUT2D eigenvalue weighted by molar-refractivity contribution is 5.82. The Hall–Kier alpha value is -1.46. The third kappa shape index (κ3) is 5.29. The fraction of sp³-hybridized carbons (Fsp3) is 0.682. The summed E-state index contributed by atoms with van der Waals surface area (Å²) in [5.74, 6) is 0.149. The Labute approximate surface area is 162 Å². The lowest BCUT2D eigenvalue weighted by molar-refractivity contribution is -0.139. The highest BCUT2D eigenvalue weighted by Crippen LogP contribution is 2.38. The standard InChI is InChI=1S/C22H34FN3O/c1-22(13-5-6-14-22)21(27)26(2)15-7-3-4-8-19-16-20(25-24-19)17-9-11-18(23)12-10-17/h9-12,19-20,24-25H,3-8,13-16H2,1-2H3. The molecule has 1 amide bonds. The van der Waals surface area contributed by atoms with E-state index in [1.165, 1.54) is 25.0 Å². The summed E-state index contributed by atoms with van der Waals surface area (Å²) in [6.07, 6.45) is 10.0. The van der Waals surface area contributed by atoms with Crippen molar-refractivity contribution in [2.45, 2.75) is 76.8 Å². The molecule has 0 radical (unpaired) electrons. The lowest BCUT2D eigenvalue weighted by atomic mass is 9.87. The van der Waals surface area contributed by atoms with Crippen molar-refractivity contribution in [1.82, 2.24) is 15.8 Å². The molecule has 0 aromatic heterocycles. The Morgan fingerprint density at radius 3 is 2.56 bits per heavy atom. The average molecular weight is 376 g/mol. The summed E-state index contributed by atoms with van der Waals surface area (Å²) in [6, 6.07) is 7.47. The van der Waals surface area contributed by atoms with Crippen molar-refractivity contribution in [1.29, 1.82) is 0 Å². The number of nitrogens with zero attached hydrogens (tertiary/aromatic N) is 1. The van der Waals surface area contributed by atoms with Gasteiger partial charge in [0.2, 0.25) is 5.91 Å². The Kier molecular flexibility index (Phi) is 6.88. The zero-order valence-electron chi connectivity index (χ0n) is 16.8. The first-order valence-electron chi connectivity index (χ1n) is 10.5. The van der Waals surface area contributed by atoms with Crippen LogP contribution < -0.4 is 10.9 Å². The van der Waals surface area contributed by atoms with E-state index < -0.39 is 0 Å². The first-order valence-corrected chi connectivity index (χ1v) is 10.5. The van der Waals surface area contributed by atoms with Gasteiger partial charge in [0, 0.05) is 31.1 Å². The molecule has 1 saturated heterocycles. The molecule has 4 nitrogen and oxygen atoms in total. The molecule has 1 saturated carbocycles. The first-order chi connectivity index (χ1) is 13.0. The molecule has 5 heteroatoms. The Morgan fingerprint density at radius 1 is 1.15 bits per heavy atom. The third-order valence-corrected chi connectivity index (χ3v) is 6.37. The molecule has 1 aliphatic heterocycles. The van der Waals surface area contributed by atoms with Gasteiger partial charge in [-0.05, 0) is 49.8 Å². The van der Waals surface area contributed by atoms with Crippen LogP contribution in [-0.4, -0.2) is 30.4 Å². The molecule has 2 aliphatic rings. The number of rotatable bonds is 8. The quantitative estimate of drug-likeness (QED) is 0.665. The van der Waals surface area contributed by atoms with Crippen molar-refractivity contribution in [3.05, 3.63) is 35.6 Å². The van der Waals surface area contributed by atoms with Crippen LogP contribution in [0.3, 0.4) is 0 Å². The minimum atomic E-state index is -0.188. The summed E-state index contributed by atoms with van der Waals surface area (Å²) in [5, 5.41) is 0. The van der Waals surface area contributed by atoms with Crippen LogP contribution in [0.25, 0.3) is 0 Å². The van der Waals surface area contributed by atoms with E-state index in [2.05, 4.69) is 17.8 Å². The van der Waals surface area contributed by atoms with E-state index in [0.717, 1.165) is 57.1 Å². The van der Waals surface area contributed by atoms with E-state index in [1.54, 1.807) is 0 Å². The number of benzene rings is 1. The van der Waals surface area contributed by atoms with Gasteiger partial charge in [-0.2, -0.15) is 0 Å². The van der Waals surface area contributed by atoms with E-state index in [1.807, 2.05) is 24.1 Å². The van der Waals surface area contributed by atoms with Gasteiger partial charge in [-0.25, -0.2) is 4.39 Å². The predicted molar refractivity (Wildman–Crippen MR) is 106 cm³/mol. The molecule has 2 fully saturated rings. The molecule has 2 atom stereocenters. The summed E-state index contributed by atoms with van der Waals surface area (Å²) in [5.41, 5.74) is 7.72. The number of amides is 1. The van der Waals surface area contributed by atoms with Gasteiger partial charge < -0.3 is 4.90 Å². The van der Waals surface area contributed by atoms with Gasteiger partial charge in [0.05, 0.1) is 0 Å². The molecule has 2 N–H and O–H groups in total. The highest BCUT2D eigenvalue weighted by Gasteiger charge is 2.37. The van der Waals surface area contributed by atoms with E-state index in [-0.39, 0.29) is 17.3 Å². The number of unbranched alkanes of at least 4 members (excludes halogenated alkanes) is 2. The number of hydrazine groups is 1. The molecular weight excluding hydrogens is 341 g/mol. The number of hydrogen-bond donors (Lipinski definition) is 2. The van der Waals surface area contributed by atoms with Crippen molar-refractivity contribution >= 4 is 5.91 Å². The Bertz CT molecular complexity index is 612. The van der Waals surface area contributed by atoms with Crippen LogP contribution in [0.15, 0.2) is 24.3 Å². The first kappa shape index (κ1) is 20.3. The van der Waals surface area contributed by atoms with Gasteiger partial charge in [-0.15, -0.1) is 0 Å². The highest BCUT2D eigenvalue weighted by atomic mass is 19.1. The minimum absolute atomic E-state index is 0.108. The van der Waals surface area contributed by atoms with E-state index in [9.17, 15) is 9.18 Å². The molecular formula is C22H34FN3O. The normalized spacial score (nSPS) is 24.3. The monoisotopic (exact) mass is 375 g/mol. The maximum absolute atomic E-state index is 13.0.